The summed E-state index contributed by atoms with van der Waals surface area (Å²) in [4.78, 5) is 23.8. The average molecular weight is 323 g/mol. The number of benzene rings is 1. The van der Waals surface area contributed by atoms with Crippen LogP contribution in [0.15, 0.2) is 36.5 Å². The molecule has 0 fully saturated rings. The highest BCUT2D eigenvalue weighted by Gasteiger charge is 2.04. The highest BCUT2D eigenvalue weighted by Crippen LogP contribution is 2.18. The molecule has 0 aliphatic heterocycles. The molecule has 2 heterocycles. The minimum absolute atomic E-state index is 0.00743. The SMILES string of the molecule is Cc1cc(C)nc(NCCCC(=O)Nc2ccc3[nH]ccc3c2)n1. The van der Waals surface area contributed by atoms with Crippen LogP contribution < -0.4 is 10.6 Å². The minimum atomic E-state index is 0.00743. The molecule has 2 aromatic heterocycles. The molecule has 0 saturated heterocycles. The van der Waals surface area contributed by atoms with Crippen molar-refractivity contribution < 1.29 is 4.79 Å². The van der Waals surface area contributed by atoms with E-state index in [0.29, 0.717) is 25.3 Å². The van der Waals surface area contributed by atoms with Crippen molar-refractivity contribution in [1.82, 2.24) is 15.0 Å². The third-order valence-corrected chi connectivity index (χ3v) is 3.68. The number of H-pyrrole nitrogens is 1. The van der Waals surface area contributed by atoms with Crippen LogP contribution in [0.2, 0.25) is 0 Å². The van der Waals surface area contributed by atoms with E-state index in [2.05, 4.69) is 25.6 Å². The standard InChI is InChI=1S/C18H21N5O/c1-12-10-13(2)22-18(21-12)20-8-3-4-17(24)23-15-5-6-16-14(11-15)7-9-19-16/h5-7,9-11,19H,3-4,8H2,1-2H3,(H,23,24)(H,20,21,22). The molecule has 124 valence electrons. The van der Waals surface area contributed by atoms with Crippen LogP contribution in [-0.2, 0) is 4.79 Å². The molecule has 1 aromatic carbocycles. The number of fused-ring (bicyclic) bond motifs is 1. The molecule has 24 heavy (non-hydrogen) atoms. The van der Waals surface area contributed by atoms with Gasteiger partial charge in [-0.15, -0.1) is 0 Å². The second-order valence-electron chi connectivity index (χ2n) is 5.83. The Bertz CT molecular complexity index is 835. The molecule has 0 radical (unpaired) electrons. The van der Waals surface area contributed by atoms with Crippen molar-refractivity contribution in [2.24, 2.45) is 0 Å². The second-order valence-corrected chi connectivity index (χ2v) is 5.83. The van der Waals surface area contributed by atoms with Gasteiger partial charge in [-0.2, -0.15) is 0 Å². The topological polar surface area (TPSA) is 82.7 Å². The van der Waals surface area contributed by atoms with E-state index in [1.807, 2.05) is 50.4 Å². The fraction of sp³-hybridized carbons (Fsp3) is 0.278. The van der Waals surface area contributed by atoms with Gasteiger partial charge in [0, 0.05) is 47.1 Å². The fourth-order valence-electron chi connectivity index (χ4n) is 2.61. The number of aromatic amines is 1. The molecule has 0 saturated carbocycles. The Morgan fingerprint density at radius 1 is 1.12 bits per heavy atom. The normalized spacial score (nSPS) is 10.8. The smallest absolute Gasteiger partial charge is 0.224 e. The van der Waals surface area contributed by atoms with E-state index in [9.17, 15) is 4.79 Å². The quantitative estimate of drug-likeness (QED) is 0.607. The Morgan fingerprint density at radius 3 is 2.71 bits per heavy atom. The summed E-state index contributed by atoms with van der Waals surface area (Å²) in [6.07, 6.45) is 3.05. The van der Waals surface area contributed by atoms with E-state index in [1.165, 1.54) is 0 Å². The van der Waals surface area contributed by atoms with Gasteiger partial charge in [0.25, 0.3) is 0 Å². The van der Waals surface area contributed by atoms with Crippen LogP contribution in [0.1, 0.15) is 24.2 Å². The Kier molecular flexibility index (Phi) is 4.74. The number of nitrogens with zero attached hydrogens (tertiary/aromatic N) is 2. The summed E-state index contributed by atoms with van der Waals surface area (Å²) in [5, 5.41) is 7.17. The molecule has 0 unspecified atom stereocenters. The molecule has 0 atom stereocenters. The Balaban J connectivity index is 1.45. The van der Waals surface area contributed by atoms with E-state index >= 15 is 0 Å². The largest absolute Gasteiger partial charge is 0.361 e. The van der Waals surface area contributed by atoms with Gasteiger partial charge in [0.2, 0.25) is 11.9 Å². The van der Waals surface area contributed by atoms with Crippen LogP contribution in [0.4, 0.5) is 11.6 Å². The van der Waals surface area contributed by atoms with Crippen molar-refractivity contribution in [2.75, 3.05) is 17.2 Å². The van der Waals surface area contributed by atoms with Crippen molar-refractivity contribution in [3.05, 3.63) is 47.9 Å². The zero-order chi connectivity index (χ0) is 16.9. The fourth-order valence-corrected chi connectivity index (χ4v) is 2.61. The molecule has 3 N–H and O–H groups in total. The average Bonchev–Trinajstić information content (AvgIpc) is 2.98. The third kappa shape index (κ3) is 4.10. The van der Waals surface area contributed by atoms with Crippen LogP contribution >= 0.6 is 0 Å². The number of hydrogen-bond donors (Lipinski definition) is 3. The van der Waals surface area contributed by atoms with Gasteiger partial charge in [0.1, 0.15) is 0 Å². The zero-order valence-corrected chi connectivity index (χ0v) is 13.9. The molecule has 3 aromatic rings. The molecule has 0 aliphatic rings. The lowest BCUT2D eigenvalue weighted by Crippen LogP contribution is -2.14. The summed E-state index contributed by atoms with van der Waals surface area (Å²) in [7, 11) is 0. The Hall–Kier alpha value is -2.89. The molecule has 0 aliphatic carbocycles. The molecule has 0 bridgehead atoms. The van der Waals surface area contributed by atoms with Gasteiger partial charge in [-0.25, -0.2) is 9.97 Å². The van der Waals surface area contributed by atoms with Crippen molar-refractivity contribution >= 4 is 28.4 Å². The number of aryl methyl sites for hydroxylation is 2. The second kappa shape index (κ2) is 7.12. The molecule has 0 spiro atoms. The number of anilines is 2. The molecular weight excluding hydrogens is 302 g/mol. The third-order valence-electron chi connectivity index (χ3n) is 3.68. The molecule has 6 nitrogen and oxygen atoms in total. The molecule has 1 amide bonds. The number of hydrogen-bond acceptors (Lipinski definition) is 4. The lowest BCUT2D eigenvalue weighted by atomic mass is 10.2. The summed E-state index contributed by atoms with van der Waals surface area (Å²) in [6, 6.07) is 9.74. The van der Waals surface area contributed by atoms with Gasteiger partial charge in [-0.1, -0.05) is 0 Å². The Labute approximate surface area is 140 Å². The van der Waals surface area contributed by atoms with E-state index in [0.717, 1.165) is 28.0 Å². The van der Waals surface area contributed by atoms with Crippen LogP contribution in [0.3, 0.4) is 0 Å². The number of carbonyl (C=O) groups is 1. The van der Waals surface area contributed by atoms with Crippen molar-refractivity contribution in [2.45, 2.75) is 26.7 Å². The first kappa shape index (κ1) is 16.0. The van der Waals surface area contributed by atoms with Crippen LogP contribution in [0.5, 0.6) is 0 Å². The molecule has 3 rings (SSSR count). The van der Waals surface area contributed by atoms with E-state index in [1.54, 1.807) is 0 Å². The number of rotatable bonds is 6. The number of nitrogens with one attached hydrogen (secondary N) is 3. The number of amides is 1. The lowest BCUT2D eigenvalue weighted by Gasteiger charge is -2.07. The van der Waals surface area contributed by atoms with Crippen LogP contribution in [0, 0.1) is 13.8 Å². The van der Waals surface area contributed by atoms with Gasteiger partial charge in [-0.3, -0.25) is 4.79 Å². The first-order valence-electron chi connectivity index (χ1n) is 8.03. The van der Waals surface area contributed by atoms with Gasteiger partial charge in [0.05, 0.1) is 0 Å². The summed E-state index contributed by atoms with van der Waals surface area (Å²) in [5.41, 5.74) is 3.74. The predicted molar refractivity (Wildman–Crippen MR) is 96.2 cm³/mol. The van der Waals surface area contributed by atoms with Crippen molar-refractivity contribution in [3.8, 4) is 0 Å². The minimum Gasteiger partial charge on any atom is -0.361 e. The number of carbonyl (C=O) groups excluding carboxylic acids is 1. The van der Waals surface area contributed by atoms with E-state index in [-0.39, 0.29) is 5.91 Å². The van der Waals surface area contributed by atoms with E-state index in [4.69, 9.17) is 0 Å². The van der Waals surface area contributed by atoms with Gasteiger partial charge in [0.15, 0.2) is 0 Å². The maximum atomic E-state index is 12.0. The summed E-state index contributed by atoms with van der Waals surface area (Å²) >= 11 is 0. The maximum Gasteiger partial charge on any atom is 0.224 e. The van der Waals surface area contributed by atoms with Gasteiger partial charge < -0.3 is 15.6 Å². The summed E-state index contributed by atoms with van der Waals surface area (Å²) < 4.78 is 0. The van der Waals surface area contributed by atoms with Crippen LogP contribution in [-0.4, -0.2) is 27.4 Å². The highest BCUT2D eigenvalue weighted by molar-refractivity contribution is 5.93. The summed E-state index contributed by atoms with van der Waals surface area (Å²) in [6.45, 7) is 4.54. The summed E-state index contributed by atoms with van der Waals surface area (Å²) in [5.74, 6) is 0.624. The van der Waals surface area contributed by atoms with E-state index < -0.39 is 0 Å². The van der Waals surface area contributed by atoms with Crippen molar-refractivity contribution in [1.29, 1.82) is 0 Å². The monoisotopic (exact) mass is 323 g/mol. The maximum absolute atomic E-state index is 12.0. The van der Waals surface area contributed by atoms with Gasteiger partial charge in [-0.05, 0) is 50.6 Å². The Morgan fingerprint density at radius 2 is 1.92 bits per heavy atom. The predicted octanol–water partition coefficient (Wildman–Crippen LogP) is 3.41. The first-order chi connectivity index (χ1) is 11.6. The molecule has 6 heteroatoms. The lowest BCUT2D eigenvalue weighted by molar-refractivity contribution is -0.116. The number of aromatic nitrogens is 3. The zero-order valence-electron chi connectivity index (χ0n) is 13.9. The van der Waals surface area contributed by atoms with Gasteiger partial charge >= 0.3 is 0 Å². The van der Waals surface area contributed by atoms with Crippen molar-refractivity contribution in [3.63, 3.8) is 0 Å². The first-order valence-corrected chi connectivity index (χ1v) is 8.03. The highest BCUT2D eigenvalue weighted by atomic mass is 16.1. The molecular formula is C18H21N5O. The van der Waals surface area contributed by atoms with Crippen LogP contribution in [0.25, 0.3) is 10.9 Å².